The van der Waals surface area contributed by atoms with Crippen molar-refractivity contribution in [3.63, 3.8) is 0 Å². The minimum atomic E-state index is -0.161. The molecule has 0 amide bonds. The van der Waals surface area contributed by atoms with Crippen molar-refractivity contribution >= 4 is 32.6 Å². The fourth-order valence-electron chi connectivity index (χ4n) is 8.25. The van der Waals surface area contributed by atoms with E-state index >= 15 is 0 Å². The predicted molar refractivity (Wildman–Crippen MR) is 208 cm³/mol. The lowest BCUT2D eigenvalue weighted by Gasteiger charge is -2.23. The average molecular weight is 640 g/mol. The Kier molecular flexibility index (Phi) is 6.22. The van der Waals surface area contributed by atoms with Crippen molar-refractivity contribution in [1.82, 2.24) is 14.5 Å². The van der Waals surface area contributed by atoms with Gasteiger partial charge < -0.3 is 0 Å². The summed E-state index contributed by atoms with van der Waals surface area (Å²) < 4.78 is 2.24. The van der Waals surface area contributed by atoms with Crippen LogP contribution < -0.4 is 0 Å². The van der Waals surface area contributed by atoms with Gasteiger partial charge in [-0.3, -0.25) is 4.57 Å². The molecule has 3 heteroatoms. The smallest absolute Gasteiger partial charge is 0.234 e. The highest BCUT2D eigenvalue weighted by Gasteiger charge is 2.37. The molecule has 0 unspecified atom stereocenters. The van der Waals surface area contributed by atoms with Crippen LogP contribution >= 0.6 is 0 Å². The topological polar surface area (TPSA) is 30.7 Å². The van der Waals surface area contributed by atoms with Crippen LogP contribution in [0.3, 0.4) is 0 Å². The summed E-state index contributed by atoms with van der Waals surface area (Å²) in [4.78, 5) is 10.1. The zero-order valence-corrected chi connectivity index (χ0v) is 27.9. The molecule has 1 aliphatic rings. The molecule has 0 radical (unpaired) electrons. The number of hydrogen-bond donors (Lipinski definition) is 0. The highest BCUT2D eigenvalue weighted by atomic mass is 15.1. The Morgan fingerprint density at radius 3 is 1.70 bits per heavy atom. The van der Waals surface area contributed by atoms with Gasteiger partial charge in [0.05, 0.1) is 11.0 Å². The van der Waals surface area contributed by atoms with E-state index in [-0.39, 0.29) is 5.41 Å². The SMILES string of the molecule is CC1(C)c2cc3c(cc2-c2ccc4ccccc4c21)c1ccccc1n3-c1ncc(-c2cc(-c3ccccc3)cc(-c3ccccc3)c2)cn1. The molecule has 3 nitrogen and oxygen atoms in total. The van der Waals surface area contributed by atoms with Crippen LogP contribution in [-0.2, 0) is 5.41 Å². The summed E-state index contributed by atoms with van der Waals surface area (Å²) in [5.41, 5.74) is 14.2. The quantitative estimate of drug-likeness (QED) is 0.192. The van der Waals surface area contributed by atoms with Gasteiger partial charge in [-0.25, -0.2) is 9.97 Å². The molecule has 2 aromatic heterocycles. The van der Waals surface area contributed by atoms with Gasteiger partial charge >= 0.3 is 0 Å². The number of benzene rings is 7. The minimum absolute atomic E-state index is 0.161. The van der Waals surface area contributed by atoms with E-state index in [0.717, 1.165) is 22.2 Å². The molecule has 1 aliphatic carbocycles. The molecule has 0 fully saturated rings. The normalized spacial score (nSPS) is 13.2. The van der Waals surface area contributed by atoms with Crippen molar-refractivity contribution in [2.75, 3.05) is 0 Å². The molecule has 0 spiro atoms. The summed E-state index contributed by atoms with van der Waals surface area (Å²) in [6, 6.07) is 54.6. The molecule has 0 N–H and O–H groups in total. The van der Waals surface area contributed by atoms with E-state index in [1.807, 2.05) is 12.4 Å². The number of fused-ring (bicyclic) bond motifs is 8. The van der Waals surface area contributed by atoms with Crippen LogP contribution in [0.25, 0.3) is 83.0 Å². The monoisotopic (exact) mass is 639 g/mol. The molecular weight excluding hydrogens is 607 g/mol. The second kappa shape index (κ2) is 10.8. The van der Waals surface area contributed by atoms with Crippen LogP contribution in [0.5, 0.6) is 0 Å². The molecule has 10 rings (SSSR count). The van der Waals surface area contributed by atoms with Gasteiger partial charge in [-0.1, -0.05) is 129 Å². The lowest BCUT2D eigenvalue weighted by atomic mass is 9.80. The van der Waals surface area contributed by atoms with Crippen molar-refractivity contribution in [3.05, 3.63) is 175 Å². The molecule has 0 saturated carbocycles. The third-order valence-corrected chi connectivity index (χ3v) is 10.6. The second-order valence-electron chi connectivity index (χ2n) is 13.9. The Balaban J connectivity index is 1.13. The van der Waals surface area contributed by atoms with Gasteiger partial charge in [0.2, 0.25) is 5.95 Å². The lowest BCUT2D eigenvalue weighted by Crippen LogP contribution is -2.15. The van der Waals surface area contributed by atoms with E-state index in [1.165, 1.54) is 66.1 Å². The van der Waals surface area contributed by atoms with Gasteiger partial charge in [0.15, 0.2) is 0 Å². The third kappa shape index (κ3) is 4.30. The van der Waals surface area contributed by atoms with Gasteiger partial charge in [-0.15, -0.1) is 0 Å². The molecular formula is C47H33N3. The highest BCUT2D eigenvalue weighted by molar-refractivity contribution is 6.12. The molecule has 236 valence electrons. The van der Waals surface area contributed by atoms with Crippen molar-refractivity contribution in [3.8, 4) is 50.5 Å². The molecule has 0 aliphatic heterocycles. The van der Waals surface area contributed by atoms with Gasteiger partial charge in [-0.2, -0.15) is 0 Å². The van der Waals surface area contributed by atoms with Crippen molar-refractivity contribution in [1.29, 1.82) is 0 Å². The Morgan fingerprint density at radius 1 is 0.440 bits per heavy atom. The van der Waals surface area contributed by atoms with Crippen LogP contribution in [0, 0.1) is 0 Å². The van der Waals surface area contributed by atoms with Crippen LogP contribution in [0.2, 0.25) is 0 Å². The van der Waals surface area contributed by atoms with Crippen LogP contribution in [0.1, 0.15) is 25.0 Å². The van der Waals surface area contributed by atoms with E-state index in [9.17, 15) is 0 Å². The first kappa shape index (κ1) is 28.7. The summed E-state index contributed by atoms with van der Waals surface area (Å²) in [5, 5.41) is 5.03. The minimum Gasteiger partial charge on any atom is -0.278 e. The standard InChI is InChI=1S/C47H33N3/c1-47(2)42-27-44-41(26-40(42)39-22-21-32-17-9-10-18-37(32)45(39)47)38-19-11-12-20-43(38)50(44)46-48-28-36(29-49-46)35-24-33(30-13-5-3-6-14-30)23-34(25-35)31-15-7-4-8-16-31/h3-29H,1-2H3. The average Bonchev–Trinajstić information content (AvgIpc) is 3.62. The summed E-state index contributed by atoms with van der Waals surface area (Å²) >= 11 is 0. The number of aromatic nitrogens is 3. The van der Waals surface area contributed by atoms with Crippen LogP contribution in [0.15, 0.2) is 164 Å². The Labute approximate surface area is 291 Å². The van der Waals surface area contributed by atoms with Crippen LogP contribution in [-0.4, -0.2) is 14.5 Å². The Hall–Kier alpha value is -6.32. The zero-order chi connectivity index (χ0) is 33.4. The highest BCUT2D eigenvalue weighted by Crippen LogP contribution is 2.53. The molecule has 0 bridgehead atoms. The van der Waals surface area contributed by atoms with E-state index in [1.54, 1.807) is 0 Å². The maximum absolute atomic E-state index is 5.06. The summed E-state index contributed by atoms with van der Waals surface area (Å²) in [6.45, 7) is 4.73. The summed E-state index contributed by atoms with van der Waals surface area (Å²) in [6.07, 6.45) is 3.95. The van der Waals surface area contributed by atoms with Gasteiger partial charge in [0, 0.05) is 34.1 Å². The van der Waals surface area contributed by atoms with Gasteiger partial charge in [0.1, 0.15) is 0 Å². The van der Waals surface area contributed by atoms with Crippen molar-refractivity contribution < 1.29 is 0 Å². The Bertz CT molecular complexity index is 2700. The Morgan fingerprint density at radius 2 is 1.02 bits per heavy atom. The summed E-state index contributed by atoms with van der Waals surface area (Å²) in [5.74, 6) is 0.668. The van der Waals surface area contributed by atoms with Gasteiger partial charge in [-0.05, 0) is 97.2 Å². The number of rotatable bonds is 4. The molecule has 2 heterocycles. The largest absolute Gasteiger partial charge is 0.278 e. The van der Waals surface area contributed by atoms with Crippen LogP contribution in [0.4, 0.5) is 0 Å². The first-order chi connectivity index (χ1) is 24.5. The molecule has 9 aromatic rings. The van der Waals surface area contributed by atoms with E-state index in [4.69, 9.17) is 9.97 Å². The number of nitrogens with zero attached hydrogens (tertiary/aromatic N) is 3. The third-order valence-electron chi connectivity index (χ3n) is 10.6. The molecule has 7 aromatic carbocycles. The molecule has 0 atom stereocenters. The van der Waals surface area contributed by atoms with E-state index in [0.29, 0.717) is 5.95 Å². The summed E-state index contributed by atoms with van der Waals surface area (Å²) in [7, 11) is 0. The molecule has 50 heavy (non-hydrogen) atoms. The van der Waals surface area contributed by atoms with E-state index < -0.39 is 0 Å². The molecule has 0 saturated heterocycles. The van der Waals surface area contributed by atoms with E-state index in [2.05, 4.69) is 170 Å². The fraction of sp³-hybridized carbons (Fsp3) is 0.0638. The zero-order valence-electron chi connectivity index (χ0n) is 27.9. The first-order valence-electron chi connectivity index (χ1n) is 17.2. The van der Waals surface area contributed by atoms with Gasteiger partial charge in [0.25, 0.3) is 0 Å². The maximum atomic E-state index is 5.06. The van der Waals surface area contributed by atoms with Crippen molar-refractivity contribution in [2.45, 2.75) is 19.3 Å². The maximum Gasteiger partial charge on any atom is 0.234 e. The number of hydrogen-bond acceptors (Lipinski definition) is 2. The lowest BCUT2D eigenvalue weighted by molar-refractivity contribution is 0.667. The van der Waals surface area contributed by atoms with Crippen molar-refractivity contribution in [2.24, 2.45) is 0 Å². The first-order valence-corrected chi connectivity index (χ1v) is 17.2. The predicted octanol–water partition coefficient (Wildman–Crippen LogP) is 12.0. The second-order valence-corrected chi connectivity index (χ2v) is 13.9. The number of para-hydroxylation sites is 1. The fourth-order valence-corrected chi connectivity index (χ4v) is 8.25.